The van der Waals surface area contributed by atoms with Gasteiger partial charge in [-0.15, -0.1) is 0 Å². The van der Waals surface area contributed by atoms with Gasteiger partial charge in [0.1, 0.15) is 0 Å². The SMILES string of the molecule is C[C@@]12CCCC1C1C(O)[C@H](O)C3Cc4[nH]ncc4C[C@]3(C)C1CC2. The van der Waals surface area contributed by atoms with E-state index in [9.17, 15) is 10.2 Å². The van der Waals surface area contributed by atoms with Crippen molar-refractivity contribution in [1.82, 2.24) is 10.2 Å². The van der Waals surface area contributed by atoms with Gasteiger partial charge in [-0.1, -0.05) is 20.3 Å². The first-order valence-electron chi connectivity index (χ1n) is 9.81. The van der Waals surface area contributed by atoms with Crippen LogP contribution in [-0.4, -0.2) is 32.6 Å². The lowest BCUT2D eigenvalue weighted by atomic mass is 9.44. The largest absolute Gasteiger partial charge is 0.390 e. The van der Waals surface area contributed by atoms with Crippen molar-refractivity contribution < 1.29 is 10.2 Å². The van der Waals surface area contributed by atoms with Crippen molar-refractivity contribution >= 4 is 0 Å². The maximum absolute atomic E-state index is 11.1. The average Bonchev–Trinajstić information content (AvgIpc) is 3.15. The Morgan fingerprint density at radius 2 is 1.92 bits per heavy atom. The van der Waals surface area contributed by atoms with Crippen molar-refractivity contribution in [3.8, 4) is 0 Å². The summed E-state index contributed by atoms with van der Waals surface area (Å²) in [7, 11) is 0. The summed E-state index contributed by atoms with van der Waals surface area (Å²) in [6, 6.07) is 0. The first-order chi connectivity index (χ1) is 11.4. The highest BCUT2D eigenvalue weighted by Crippen LogP contribution is 2.65. The molecule has 5 rings (SSSR count). The van der Waals surface area contributed by atoms with Crippen molar-refractivity contribution in [3.63, 3.8) is 0 Å². The molecule has 4 aliphatic rings. The van der Waals surface area contributed by atoms with E-state index in [0.717, 1.165) is 12.8 Å². The molecule has 5 unspecified atom stereocenters. The van der Waals surface area contributed by atoms with Crippen LogP contribution < -0.4 is 0 Å². The van der Waals surface area contributed by atoms with Crippen LogP contribution in [0.4, 0.5) is 0 Å². The molecule has 0 radical (unpaired) electrons. The summed E-state index contributed by atoms with van der Waals surface area (Å²) in [4.78, 5) is 0. The Hall–Kier alpha value is -0.870. The minimum Gasteiger partial charge on any atom is -0.390 e. The van der Waals surface area contributed by atoms with Gasteiger partial charge in [0.05, 0.1) is 18.4 Å². The van der Waals surface area contributed by atoms with E-state index in [1.165, 1.54) is 43.4 Å². The predicted molar refractivity (Wildman–Crippen MR) is 91.3 cm³/mol. The highest BCUT2D eigenvalue weighted by molar-refractivity contribution is 5.27. The van der Waals surface area contributed by atoms with E-state index >= 15 is 0 Å². The van der Waals surface area contributed by atoms with E-state index in [1.54, 1.807) is 0 Å². The lowest BCUT2D eigenvalue weighted by molar-refractivity contribution is -0.203. The molecule has 132 valence electrons. The molecule has 3 saturated carbocycles. The van der Waals surface area contributed by atoms with Gasteiger partial charge in [-0.2, -0.15) is 5.10 Å². The van der Waals surface area contributed by atoms with Gasteiger partial charge in [-0.05, 0) is 78.6 Å². The topological polar surface area (TPSA) is 69.1 Å². The fourth-order valence-corrected chi connectivity index (χ4v) is 7.47. The van der Waals surface area contributed by atoms with Gasteiger partial charge >= 0.3 is 0 Å². The standard InChI is InChI=1S/C20H30N2O2/c1-19-6-3-4-12(19)16-13(5-7-19)20(2)9-11-10-21-22-15(11)8-14(20)17(23)18(16)24/h10,12-14,16-18,23-24H,3-9H2,1-2H3,(H,21,22)/t12?,13?,14?,16?,17-,18?,19+,20-/m1/s1. The molecule has 4 aliphatic carbocycles. The first kappa shape index (κ1) is 15.4. The number of hydrogen-bond acceptors (Lipinski definition) is 3. The number of fused-ring (bicyclic) bond motifs is 6. The van der Waals surface area contributed by atoms with Crippen molar-refractivity contribution in [2.24, 2.45) is 34.5 Å². The lowest BCUT2D eigenvalue weighted by Crippen LogP contribution is -2.64. The van der Waals surface area contributed by atoms with Crippen LogP contribution in [0.1, 0.15) is 57.2 Å². The van der Waals surface area contributed by atoms with Crippen molar-refractivity contribution in [2.75, 3.05) is 0 Å². The van der Waals surface area contributed by atoms with Gasteiger partial charge in [0.15, 0.2) is 0 Å². The summed E-state index contributed by atoms with van der Waals surface area (Å²) >= 11 is 0. The Kier molecular flexibility index (Phi) is 3.11. The predicted octanol–water partition coefficient (Wildman–Crippen LogP) is 2.70. The summed E-state index contributed by atoms with van der Waals surface area (Å²) in [5, 5.41) is 29.5. The molecule has 1 aromatic rings. The Labute approximate surface area is 144 Å². The molecule has 0 saturated heterocycles. The highest BCUT2D eigenvalue weighted by atomic mass is 16.3. The second kappa shape index (κ2) is 4.85. The van der Waals surface area contributed by atoms with Gasteiger partial charge in [0, 0.05) is 5.69 Å². The van der Waals surface area contributed by atoms with Gasteiger partial charge in [0.2, 0.25) is 0 Å². The molecule has 0 spiro atoms. The van der Waals surface area contributed by atoms with E-state index in [-0.39, 0.29) is 17.3 Å². The molecule has 24 heavy (non-hydrogen) atoms. The van der Waals surface area contributed by atoms with Gasteiger partial charge in [-0.3, -0.25) is 5.10 Å². The second-order valence-corrected chi connectivity index (χ2v) is 9.72. The molecule has 4 heteroatoms. The number of aliphatic hydroxyl groups is 2. The van der Waals surface area contributed by atoms with Crippen LogP contribution in [0.3, 0.4) is 0 Å². The van der Waals surface area contributed by atoms with Gasteiger partial charge in [-0.25, -0.2) is 0 Å². The number of aromatic amines is 1. The van der Waals surface area contributed by atoms with Crippen molar-refractivity contribution in [2.45, 2.75) is 71.0 Å². The Balaban J connectivity index is 1.58. The van der Waals surface area contributed by atoms with E-state index in [2.05, 4.69) is 24.0 Å². The third-order valence-electron chi connectivity index (χ3n) is 8.77. The fourth-order valence-electron chi connectivity index (χ4n) is 7.47. The van der Waals surface area contributed by atoms with Crippen LogP contribution in [-0.2, 0) is 12.8 Å². The first-order valence-corrected chi connectivity index (χ1v) is 9.81. The average molecular weight is 330 g/mol. The van der Waals surface area contributed by atoms with Crippen LogP contribution in [0, 0.1) is 34.5 Å². The maximum Gasteiger partial charge on any atom is 0.0839 e. The second-order valence-electron chi connectivity index (χ2n) is 9.72. The molecule has 1 heterocycles. The normalized spacial score (nSPS) is 53.0. The van der Waals surface area contributed by atoms with E-state index in [1.807, 2.05) is 6.20 Å². The van der Waals surface area contributed by atoms with Gasteiger partial charge < -0.3 is 10.2 Å². The molecule has 0 aromatic carbocycles. The summed E-state index contributed by atoms with van der Waals surface area (Å²) in [5.41, 5.74) is 2.98. The monoisotopic (exact) mass is 330 g/mol. The number of aromatic nitrogens is 2. The highest BCUT2D eigenvalue weighted by Gasteiger charge is 2.63. The van der Waals surface area contributed by atoms with Crippen LogP contribution in [0.5, 0.6) is 0 Å². The quantitative estimate of drug-likeness (QED) is 0.685. The molecule has 3 N–H and O–H groups in total. The zero-order valence-electron chi connectivity index (χ0n) is 14.8. The number of nitrogens with one attached hydrogen (secondary N) is 1. The number of nitrogens with zero attached hydrogens (tertiary/aromatic N) is 1. The smallest absolute Gasteiger partial charge is 0.0839 e. The fraction of sp³-hybridized carbons (Fsp3) is 0.850. The molecule has 1 aromatic heterocycles. The number of rotatable bonds is 0. The third kappa shape index (κ3) is 1.79. The summed E-state index contributed by atoms with van der Waals surface area (Å²) in [6.45, 7) is 4.82. The van der Waals surface area contributed by atoms with Crippen LogP contribution in [0.15, 0.2) is 6.20 Å². The van der Waals surface area contributed by atoms with Crippen LogP contribution >= 0.6 is 0 Å². The van der Waals surface area contributed by atoms with E-state index < -0.39 is 12.2 Å². The van der Waals surface area contributed by atoms with Crippen LogP contribution in [0.25, 0.3) is 0 Å². The summed E-state index contributed by atoms with van der Waals surface area (Å²) < 4.78 is 0. The van der Waals surface area contributed by atoms with E-state index in [0.29, 0.717) is 17.3 Å². The zero-order chi connectivity index (χ0) is 16.7. The molecule has 3 fully saturated rings. The van der Waals surface area contributed by atoms with Crippen molar-refractivity contribution in [3.05, 3.63) is 17.5 Å². The maximum atomic E-state index is 11.1. The van der Waals surface area contributed by atoms with Gasteiger partial charge in [0.25, 0.3) is 0 Å². The van der Waals surface area contributed by atoms with E-state index in [4.69, 9.17) is 0 Å². The molecular weight excluding hydrogens is 300 g/mol. The third-order valence-corrected chi connectivity index (χ3v) is 8.77. The zero-order valence-corrected chi connectivity index (χ0v) is 14.8. The Morgan fingerprint density at radius 1 is 1.08 bits per heavy atom. The minimum absolute atomic E-state index is 0.0874. The van der Waals surface area contributed by atoms with Crippen LogP contribution in [0.2, 0.25) is 0 Å². The summed E-state index contributed by atoms with van der Waals surface area (Å²) in [6.07, 6.45) is 8.98. The number of aliphatic hydroxyl groups excluding tert-OH is 2. The molecule has 0 bridgehead atoms. The van der Waals surface area contributed by atoms with Crippen molar-refractivity contribution in [1.29, 1.82) is 0 Å². The summed E-state index contributed by atoms with van der Waals surface area (Å²) in [5.74, 6) is 1.54. The Bertz CT molecular complexity index is 658. The minimum atomic E-state index is -0.601. The number of hydrogen-bond donors (Lipinski definition) is 3. The molecule has 4 nitrogen and oxygen atoms in total. The molecular formula is C20H30N2O2. The number of H-pyrrole nitrogens is 1. The molecule has 0 aliphatic heterocycles. The lowest BCUT2D eigenvalue weighted by Gasteiger charge is -2.62. The Morgan fingerprint density at radius 3 is 2.75 bits per heavy atom. The molecule has 8 atom stereocenters. The molecule has 0 amide bonds.